The van der Waals surface area contributed by atoms with Gasteiger partial charge in [0.05, 0.1) is 0 Å². The molecular formula is C15H23N3O3. The minimum Gasteiger partial charge on any atom is -0.409 e. The summed E-state index contributed by atoms with van der Waals surface area (Å²) in [7, 11) is 0. The second-order valence-electron chi connectivity index (χ2n) is 4.64. The van der Waals surface area contributed by atoms with E-state index in [9.17, 15) is 4.79 Å². The van der Waals surface area contributed by atoms with Crippen LogP contribution in [0, 0.1) is 0 Å². The summed E-state index contributed by atoms with van der Waals surface area (Å²) in [6.45, 7) is 4.08. The molecule has 1 aromatic carbocycles. The zero-order valence-electron chi connectivity index (χ0n) is 12.3. The normalized spacial score (nSPS) is 11.4. The lowest BCUT2D eigenvalue weighted by Crippen LogP contribution is -2.25. The fourth-order valence-corrected chi connectivity index (χ4v) is 1.70. The first-order chi connectivity index (χ1) is 10.2. The van der Waals surface area contributed by atoms with Crippen molar-refractivity contribution < 1.29 is 14.7 Å². The zero-order chi connectivity index (χ0) is 15.5. The van der Waals surface area contributed by atoms with Crippen LogP contribution in [0.5, 0.6) is 0 Å². The number of nitrogens with one attached hydrogen (secondary N) is 1. The minimum atomic E-state index is -0.184. The van der Waals surface area contributed by atoms with Crippen molar-refractivity contribution in [3.05, 3.63) is 35.4 Å². The van der Waals surface area contributed by atoms with E-state index in [-0.39, 0.29) is 11.7 Å². The van der Waals surface area contributed by atoms with E-state index in [1.54, 1.807) is 24.3 Å². The molecule has 6 heteroatoms. The highest BCUT2D eigenvalue weighted by Gasteiger charge is 2.07. The van der Waals surface area contributed by atoms with Gasteiger partial charge in [-0.15, -0.1) is 0 Å². The Morgan fingerprint density at radius 3 is 2.76 bits per heavy atom. The third-order valence-electron chi connectivity index (χ3n) is 2.92. The van der Waals surface area contributed by atoms with E-state index in [1.807, 2.05) is 0 Å². The SMILES string of the molecule is CCCCOCCCNC(=O)c1cccc(/C(N)=N/O)c1. The molecule has 0 aliphatic carbocycles. The van der Waals surface area contributed by atoms with Crippen LogP contribution in [0.3, 0.4) is 0 Å². The molecule has 0 heterocycles. The van der Waals surface area contributed by atoms with Gasteiger partial charge in [-0.25, -0.2) is 0 Å². The first-order valence-corrected chi connectivity index (χ1v) is 7.13. The number of ether oxygens (including phenoxy) is 1. The Labute approximate surface area is 125 Å². The Balaban J connectivity index is 2.35. The summed E-state index contributed by atoms with van der Waals surface area (Å²) in [4.78, 5) is 11.9. The quantitative estimate of drug-likeness (QED) is 0.212. The molecule has 1 rings (SSSR count). The molecule has 0 radical (unpaired) electrons. The number of nitrogens with two attached hydrogens (primary N) is 1. The predicted molar refractivity (Wildman–Crippen MR) is 81.6 cm³/mol. The first-order valence-electron chi connectivity index (χ1n) is 7.13. The number of benzene rings is 1. The maximum atomic E-state index is 11.9. The van der Waals surface area contributed by atoms with Crippen molar-refractivity contribution in [2.45, 2.75) is 26.2 Å². The molecule has 1 amide bonds. The summed E-state index contributed by atoms with van der Waals surface area (Å²) in [5.41, 5.74) is 6.48. The lowest BCUT2D eigenvalue weighted by Gasteiger charge is -2.07. The average Bonchev–Trinajstić information content (AvgIpc) is 2.53. The Hall–Kier alpha value is -2.08. The largest absolute Gasteiger partial charge is 0.409 e. The second-order valence-corrected chi connectivity index (χ2v) is 4.64. The molecule has 0 saturated carbocycles. The van der Waals surface area contributed by atoms with Crippen molar-refractivity contribution in [3.8, 4) is 0 Å². The van der Waals surface area contributed by atoms with Crippen LogP contribution in [-0.4, -0.2) is 36.7 Å². The van der Waals surface area contributed by atoms with Gasteiger partial charge in [0.2, 0.25) is 0 Å². The van der Waals surface area contributed by atoms with Crippen LogP contribution in [-0.2, 0) is 4.74 Å². The number of hydrogen-bond donors (Lipinski definition) is 3. The third-order valence-corrected chi connectivity index (χ3v) is 2.92. The summed E-state index contributed by atoms with van der Waals surface area (Å²) >= 11 is 0. The second kappa shape index (κ2) is 9.77. The number of nitrogens with zero attached hydrogens (tertiary/aromatic N) is 1. The predicted octanol–water partition coefficient (Wildman–Crippen LogP) is 1.72. The molecule has 0 unspecified atom stereocenters. The number of carbonyl (C=O) groups is 1. The van der Waals surface area contributed by atoms with Gasteiger partial charge < -0.3 is 21.0 Å². The lowest BCUT2D eigenvalue weighted by atomic mass is 10.1. The molecular weight excluding hydrogens is 270 g/mol. The number of carbonyl (C=O) groups excluding carboxylic acids is 1. The van der Waals surface area contributed by atoms with Crippen LogP contribution >= 0.6 is 0 Å². The molecule has 21 heavy (non-hydrogen) atoms. The maximum absolute atomic E-state index is 11.9. The topological polar surface area (TPSA) is 96.9 Å². The summed E-state index contributed by atoms with van der Waals surface area (Å²) < 4.78 is 5.42. The van der Waals surface area contributed by atoms with Gasteiger partial charge in [0.1, 0.15) is 0 Å². The van der Waals surface area contributed by atoms with Crippen LogP contribution in [0.2, 0.25) is 0 Å². The van der Waals surface area contributed by atoms with E-state index in [1.165, 1.54) is 0 Å². The van der Waals surface area contributed by atoms with Gasteiger partial charge in [-0.1, -0.05) is 30.6 Å². The molecule has 0 aliphatic rings. The average molecular weight is 293 g/mol. The number of oxime groups is 1. The van der Waals surface area contributed by atoms with E-state index in [0.29, 0.717) is 24.3 Å². The molecule has 6 nitrogen and oxygen atoms in total. The zero-order valence-corrected chi connectivity index (χ0v) is 12.3. The summed E-state index contributed by atoms with van der Waals surface area (Å²) in [5.74, 6) is -0.204. The van der Waals surface area contributed by atoms with E-state index in [2.05, 4.69) is 17.4 Å². The fraction of sp³-hybridized carbons (Fsp3) is 0.467. The molecule has 0 saturated heterocycles. The van der Waals surface area contributed by atoms with Crippen molar-refractivity contribution in [1.82, 2.24) is 5.32 Å². The van der Waals surface area contributed by atoms with Gasteiger partial charge in [-0.2, -0.15) is 0 Å². The van der Waals surface area contributed by atoms with Gasteiger partial charge in [-0.3, -0.25) is 4.79 Å². The van der Waals surface area contributed by atoms with Crippen LogP contribution in [0.1, 0.15) is 42.1 Å². The highest BCUT2D eigenvalue weighted by Crippen LogP contribution is 2.05. The Kier molecular flexibility index (Phi) is 7.89. The van der Waals surface area contributed by atoms with Gasteiger partial charge in [-0.05, 0) is 25.0 Å². The van der Waals surface area contributed by atoms with Crippen LogP contribution in [0.25, 0.3) is 0 Å². The van der Waals surface area contributed by atoms with Gasteiger partial charge in [0.25, 0.3) is 5.91 Å². The third kappa shape index (κ3) is 6.27. The van der Waals surface area contributed by atoms with Gasteiger partial charge >= 0.3 is 0 Å². The summed E-state index contributed by atoms with van der Waals surface area (Å²) in [6.07, 6.45) is 2.95. The van der Waals surface area contributed by atoms with Crippen LogP contribution < -0.4 is 11.1 Å². The summed E-state index contributed by atoms with van der Waals surface area (Å²) in [6, 6.07) is 6.63. The van der Waals surface area contributed by atoms with Crippen molar-refractivity contribution >= 4 is 11.7 Å². The number of unbranched alkanes of at least 4 members (excludes halogenated alkanes) is 1. The lowest BCUT2D eigenvalue weighted by molar-refractivity contribution is 0.0940. The molecule has 0 spiro atoms. The van der Waals surface area contributed by atoms with E-state index < -0.39 is 0 Å². The monoisotopic (exact) mass is 293 g/mol. The molecule has 0 bridgehead atoms. The van der Waals surface area contributed by atoms with Crippen LogP contribution in [0.4, 0.5) is 0 Å². The molecule has 1 aromatic rings. The molecule has 4 N–H and O–H groups in total. The highest BCUT2D eigenvalue weighted by molar-refractivity contribution is 6.01. The Bertz CT molecular complexity index is 475. The van der Waals surface area contributed by atoms with Crippen molar-refractivity contribution in [1.29, 1.82) is 0 Å². The molecule has 0 atom stereocenters. The van der Waals surface area contributed by atoms with E-state index >= 15 is 0 Å². The van der Waals surface area contributed by atoms with Gasteiger partial charge in [0, 0.05) is 30.9 Å². The van der Waals surface area contributed by atoms with Crippen molar-refractivity contribution in [2.75, 3.05) is 19.8 Å². The number of hydrogen-bond acceptors (Lipinski definition) is 4. The summed E-state index contributed by atoms with van der Waals surface area (Å²) in [5, 5.41) is 14.4. The maximum Gasteiger partial charge on any atom is 0.251 e. The molecule has 0 fully saturated rings. The molecule has 116 valence electrons. The molecule has 0 aliphatic heterocycles. The minimum absolute atomic E-state index is 0.0195. The standard InChI is InChI=1S/C15H23N3O3/c1-2-3-9-21-10-5-8-17-15(19)13-7-4-6-12(11-13)14(16)18-20/h4,6-7,11,20H,2-3,5,8-10H2,1H3,(H2,16,18)(H,17,19). The Morgan fingerprint density at radius 1 is 1.33 bits per heavy atom. The van der Waals surface area contributed by atoms with Crippen LogP contribution in [0.15, 0.2) is 29.4 Å². The van der Waals surface area contributed by atoms with E-state index in [4.69, 9.17) is 15.7 Å². The highest BCUT2D eigenvalue weighted by atomic mass is 16.5. The van der Waals surface area contributed by atoms with Crippen molar-refractivity contribution in [2.24, 2.45) is 10.9 Å². The number of amidine groups is 1. The first kappa shape index (κ1) is 17.0. The number of rotatable bonds is 9. The fourth-order valence-electron chi connectivity index (χ4n) is 1.70. The molecule has 0 aromatic heterocycles. The van der Waals surface area contributed by atoms with Gasteiger partial charge in [0.15, 0.2) is 5.84 Å². The number of amides is 1. The van der Waals surface area contributed by atoms with Crippen molar-refractivity contribution in [3.63, 3.8) is 0 Å². The Morgan fingerprint density at radius 2 is 2.05 bits per heavy atom. The van der Waals surface area contributed by atoms with E-state index in [0.717, 1.165) is 25.9 Å². The smallest absolute Gasteiger partial charge is 0.251 e.